The first kappa shape index (κ1) is 13.2. The van der Waals surface area contributed by atoms with Crippen molar-refractivity contribution in [2.75, 3.05) is 5.50 Å². The molecule has 0 aliphatic rings. The van der Waals surface area contributed by atoms with Crippen LogP contribution in [0.1, 0.15) is 39.0 Å². The van der Waals surface area contributed by atoms with Gasteiger partial charge in [0.05, 0.1) is 8.07 Å². The summed E-state index contributed by atoms with van der Waals surface area (Å²) in [5.74, 6) is 0. The average molecular weight is 219 g/mol. The number of alkyl halides is 1. The third-order valence-electron chi connectivity index (χ3n) is 2.14. The van der Waals surface area contributed by atoms with Gasteiger partial charge in [-0.15, -0.1) is 11.6 Å². The van der Waals surface area contributed by atoms with Crippen LogP contribution in [0.25, 0.3) is 0 Å². The zero-order valence-electron chi connectivity index (χ0n) is 9.28. The minimum absolute atomic E-state index is 0.846. The van der Waals surface area contributed by atoms with Gasteiger partial charge in [0.2, 0.25) is 0 Å². The molecule has 0 atom stereocenters. The summed E-state index contributed by atoms with van der Waals surface area (Å²) < 4.78 is 0. The molecule has 0 bridgehead atoms. The maximum absolute atomic E-state index is 5.87. The van der Waals surface area contributed by atoms with Gasteiger partial charge < -0.3 is 0 Å². The quantitative estimate of drug-likeness (QED) is 0.335. The largest absolute Gasteiger partial charge is 0.130 e. The Bertz CT molecular complexity index is 141. The van der Waals surface area contributed by atoms with Crippen LogP contribution < -0.4 is 0 Å². The Hall–Kier alpha value is 0.247. The molecule has 0 saturated heterocycles. The van der Waals surface area contributed by atoms with Crippen molar-refractivity contribution in [2.24, 2.45) is 0 Å². The van der Waals surface area contributed by atoms with Crippen molar-refractivity contribution < 1.29 is 0 Å². The molecule has 0 radical (unpaired) electrons. The zero-order chi connectivity index (χ0) is 10.2. The third-order valence-corrected chi connectivity index (χ3v) is 6.03. The van der Waals surface area contributed by atoms with Crippen molar-refractivity contribution in [3.8, 4) is 0 Å². The van der Waals surface area contributed by atoms with Gasteiger partial charge in [-0.1, -0.05) is 51.1 Å². The summed E-state index contributed by atoms with van der Waals surface area (Å²) in [7, 11) is -1.16. The van der Waals surface area contributed by atoms with Crippen LogP contribution in [0.15, 0.2) is 11.8 Å². The Labute approximate surface area is 89.4 Å². The number of halogens is 1. The molecule has 0 aliphatic heterocycles. The summed E-state index contributed by atoms with van der Waals surface area (Å²) in [4.78, 5) is 0. The van der Waals surface area contributed by atoms with E-state index in [1.165, 1.54) is 32.1 Å². The van der Waals surface area contributed by atoms with E-state index in [0.717, 1.165) is 5.50 Å². The first-order valence-electron chi connectivity index (χ1n) is 5.36. The lowest BCUT2D eigenvalue weighted by molar-refractivity contribution is 0.674. The molecule has 0 heterocycles. The number of allylic oxidation sites excluding steroid dienone is 1. The van der Waals surface area contributed by atoms with Gasteiger partial charge in [0.25, 0.3) is 0 Å². The molecule has 0 N–H and O–H groups in total. The predicted molar refractivity (Wildman–Crippen MR) is 66.1 cm³/mol. The fourth-order valence-corrected chi connectivity index (χ4v) is 2.30. The average Bonchev–Trinajstić information content (AvgIpc) is 2.11. The molecule has 0 aromatic carbocycles. The van der Waals surface area contributed by atoms with Gasteiger partial charge in [-0.25, -0.2) is 0 Å². The Balaban J connectivity index is 3.41. The van der Waals surface area contributed by atoms with Crippen molar-refractivity contribution in [1.29, 1.82) is 0 Å². The Morgan fingerprint density at radius 2 is 1.85 bits per heavy atom. The van der Waals surface area contributed by atoms with E-state index in [9.17, 15) is 0 Å². The number of rotatable bonds is 7. The summed E-state index contributed by atoms with van der Waals surface area (Å²) in [6.07, 6.45) is 9.01. The number of hydrogen-bond donors (Lipinski definition) is 0. The number of hydrogen-bond acceptors (Lipinski definition) is 0. The molecule has 78 valence electrons. The highest BCUT2D eigenvalue weighted by Crippen LogP contribution is 2.08. The van der Waals surface area contributed by atoms with Crippen LogP contribution in [-0.4, -0.2) is 13.6 Å². The second-order valence-electron chi connectivity index (χ2n) is 4.37. The highest BCUT2D eigenvalue weighted by molar-refractivity contribution is 6.87. The maximum Gasteiger partial charge on any atom is 0.0867 e. The lowest BCUT2D eigenvalue weighted by atomic mass is 10.2. The highest BCUT2D eigenvalue weighted by atomic mass is 35.5. The van der Waals surface area contributed by atoms with Gasteiger partial charge in [0.1, 0.15) is 0 Å². The first-order valence-corrected chi connectivity index (χ1v) is 9.18. The van der Waals surface area contributed by atoms with E-state index in [2.05, 4.69) is 31.8 Å². The first-order chi connectivity index (χ1) is 6.12. The van der Waals surface area contributed by atoms with Crippen LogP contribution in [0.4, 0.5) is 0 Å². The topological polar surface area (TPSA) is 0 Å². The van der Waals surface area contributed by atoms with Crippen molar-refractivity contribution in [3.05, 3.63) is 11.8 Å². The van der Waals surface area contributed by atoms with Gasteiger partial charge in [0.15, 0.2) is 0 Å². The number of unbranched alkanes of at least 4 members (excludes halogenated alkanes) is 4. The molecule has 0 spiro atoms. The SMILES string of the molecule is CCCCCC/C=C/[Si](C)(C)CCl. The Morgan fingerprint density at radius 1 is 1.15 bits per heavy atom. The van der Waals surface area contributed by atoms with E-state index in [1.807, 2.05) is 0 Å². The fourth-order valence-electron chi connectivity index (χ4n) is 1.14. The smallest absolute Gasteiger partial charge is 0.0867 e. The Kier molecular flexibility index (Phi) is 7.78. The minimum Gasteiger partial charge on any atom is -0.130 e. The maximum atomic E-state index is 5.87. The van der Waals surface area contributed by atoms with E-state index in [1.54, 1.807) is 0 Å². The predicted octanol–water partition coefficient (Wildman–Crippen LogP) is 4.54. The summed E-state index contributed by atoms with van der Waals surface area (Å²) in [6.45, 7) is 6.87. The van der Waals surface area contributed by atoms with Gasteiger partial charge in [-0.2, -0.15) is 0 Å². The van der Waals surface area contributed by atoms with E-state index in [4.69, 9.17) is 11.6 Å². The summed E-state index contributed by atoms with van der Waals surface area (Å²) in [5, 5.41) is 0. The van der Waals surface area contributed by atoms with Crippen LogP contribution in [0.3, 0.4) is 0 Å². The molecule has 0 aromatic rings. The van der Waals surface area contributed by atoms with Gasteiger partial charge in [0, 0.05) is 5.50 Å². The van der Waals surface area contributed by atoms with Crippen molar-refractivity contribution in [3.63, 3.8) is 0 Å². The van der Waals surface area contributed by atoms with E-state index >= 15 is 0 Å². The molecule has 0 aliphatic carbocycles. The van der Waals surface area contributed by atoms with E-state index in [0.29, 0.717) is 0 Å². The molecule has 0 unspecified atom stereocenters. The molecule has 0 nitrogen and oxygen atoms in total. The van der Waals surface area contributed by atoms with Crippen molar-refractivity contribution in [1.82, 2.24) is 0 Å². The molecular weight excluding hydrogens is 196 g/mol. The highest BCUT2D eigenvalue weighted by Gasteiger charge is 2.13. The van der Waals surface area contributed by atoms with Crippen LogP contribution in [0.2, 0.25) is 13.1 Å². The minimum atomic E-state index is -1.16. The van der Waals surface area contributed by atoms with Gasteiger partial charge >= 0.3 is 0 Å². The lowest BCUT2D eigenvalue weighted by Crippen LogP contribution is -2.25. The van der Waals surface area contributed by atoms with E-state index in [-0.39, 0.29) is 0 Å². The lowest BCUT2D eigenvalue weighted by Gasteiger charge is -2.11. The molecule has 13 heavy (non-hydrogen) atoms. The molecule has 0 saturated carbocycles. The molecule has 0 aromatic heterocycles. The second-order valence-corrected chi connectivity index (χ2v) is 9.75. The van der Waals surface area contributed by atoms with Crippen LogP contribution >= 0.6 is 11.6 Å². The monoisotopic (exact) mass is 218 g/mol. The Morgan fingerprint density at radius 3 is 2.38 bits per heavy atom. The van der Waals surface area contributed by atoms with Crippen molar-refractivity contribution in [2.45, 2.75) is 52.1 Å². The second kappa shape index (κ2) is 7.63. The van der Waals surface area contributed by atoms with Crippen LogP contribution in [0, 0.1) is 0 Å². The summed E-state index contributed by atoms with van der Waals surface area (Å²) in [6, 6.07) is 0. The molecule has 0 rings (SSSR count). The van der Waals surface area contributed by atoms with Crippen molar-refractivity contribution >= 4 is 19.7 Å². The van der Waals surface area contributed by atoms with Gasteiger partial charge in [-0.05, 0) is 12.8 Å². The normalized spacial score (nSPS) is 12.6. The standard InChI is InChI=1S/C11H23ClSi/c1-4-5-6-7-8-9-10-13(2,3)11-12/h9-10H,4-8,11H2,1-3H3/b10-9+. The summed E-state index contributed by atoms with van der Waals surface area (Å²) >= 11 is 5.87. The molecule has 2 heteroatoms. The molecular formula is C11H23ClSi. The van der Waals surface area contributed by atoms with E-state index < -0.39 is 8.07 Å². The molecule has 0 amide bonds. The van der Waals surface area contributed by atoms with Crippen LogP contribution in [-0.2, 0) is 0 Å². The summed E-state index contributed by atoms with van der Waals surface area (Å²) in [5.41, 5.74) is 3.23. The molecule has 0 fully saturated rings. The van der Waals surface area contributed by atoms with Crippen LogP contribution in [0.5, 0.6) is 0 Å². The third kappa shape index (κ3) is 8.57. The zero-order valence-corrected chi connectivity index (χ0v) is 11.0. The van der Waals surface area contributed by atoms with Gasteiger partial charge in [-0.3, -0.25) is 0 Å². The fraction of sp³-hybridized carbons (Fsp3) is 0.818.